The van der Waals surface area contributed by atoms with Crippen LogP contribution in [0.5, 0.6) is 11.5 Å². The molecule has 0 spiro atoms. The predicted octanol–water partition coefficient (Wildman–Crippen LogP) is 3.32. The number of hydrogen-bond acceptors (Lipinski definition) is 10. The van der Waals surface area contributed by atoms with Crippen LogP contribution in [0.25, 0.3) is 0 Å². The van der Waals surface area contributed by atoms with Crippen LogP contribution >= 0.6 is 0 Å². The first-order chi connectivity index (χ1) is 21.2. The van der Waals surface area contributed by atoms with Crippen molar-refractivity contribution >= 4 is 29.3 Å². The first-order valence-electron chi connectivity index (χ1n) is 14.5. The van der Waals surface area contributed by atoms with Gasteiger partial charge in [0.15, 0.2) is 0 Å². The van der Waals surface area contributed by atoms with Crippen LogP contribution in [0, 0.1) is 0 Å². The number of dihydropyridines is 1. The molecule has 236 valence electrons. The number of urea groups is 1. The second-order valence-electron chi connectivity index (χ2n) is 10.6. The molecule has 12 heteroatoms. The molecular formula is C32H41N5O7. The lowest BCUT2D eigenvalue weighted by Crippen LogP contribution is -2.47. The minimum atomic E-state index is -0.844. The van der Waals surface area contributed by atoms with E-state index in [1.54, 1.807) is 33.1 Å². The van der Waals surface area contributed by atoms with Gasteiger partial charge in [-0.05, 0) is 56.6 Å². The normalized spacial score (nSPS) is 15.9. The van der Waals surface area contributed by atoms with Crippen LogP contribution in [0.1, 0.15) is 31.7 Å². The number of nitrogens with zero attached hydrogens (tertiary/aromatic N) is 2. The molecule has 1 saturated heterocycles. The summed E-state index contributed by atoms with van der Waals surface area (Å²) < 4.78 is 15.5. The molecule has 2 aromatic carbocycles. The molecule has 2 amide bonds. The molecule has 12 nitrogen and oxygen atoms in total. The Bertz CT molecular complexity index is 1410. The third-order valence-electron chi connectivity index (χ3n) is 7.91. The third kappa shape index (κ3) is 7.25. The van der Waals surface area contributed by atoms with E-state index < -0.39 is 23.9 Å². The number of hydrogen-bond donors (Lipinski definition) is 4. The standard InChI is InChI=1S/C32H41N5O7/c1-20-27(30(39)43-4)29(28(21(2)34-20)31(40)44-5)22-11-12-25(38)23(19-22)35-32(41)33-13-8-14-36-15-17-37(18-16-36)24-9-6-7-10-26(24)42-3/h6-7,9-12,19,29,34,38H,8,13-18H2,1-5H3,(H2,33,35,41). The maximum atomic E-state index is 12.8. The van der Waals surface area contributed by atoms with Crippen molar-refractivity contribution in [2.75, 3.05) is 70.8 Å². The number of phenolic OH excluding ortho intramolecular Hbond substituents is 1. The highest BCUT2D eigenvalue weighted by atomic mass is 16.5. The van der Waals surface area contributed by atoms with Gasteiger partial charge in [-0.1, -0.05) is 18.2 Å². The number of esters is 2. The molecule has 0 saturated carbocycles. The van der Waals surface area contributed by atoms with Crippen molar-refractivity contribution in [3.05, 3.63) is 70.6 Å². The fourth-order valence-electron chi connectivity index (χ4n) is 5.70. The molecule has 2 aliphatic rings. The maximum Gasteiger partial charge on any atom is 0.336 e. The first kappa shape index (κ1) is 32.2. The number of benzene rings is 2. The number of allylic oxidation sites excluding steroid dienone is 2. The number of ether oxygens (including phenoxy) is 3. The second-order valence-corrected chi connectivity index (χ2v) is 10.6. The van der Waals surface area contributed by atoms with Crippen molar-refractivity contribution in [3.8, 4) is 11.5 Å². The lowest BCUT2D eigenvalue weighted by atomic mass is 9.80. The van der Waals surface area contributed by atoms with Crippen molar-refractivity contribution in [3.63, 3.8) is 0 Å². The molecule has 0 aliphatic carbocycles. The Labute approximate surface area is 257 Å². The number of nitrogens with one attached hydrogen (secondary N) is 3. The Hall–Kier alpha value is -4.71. The summed E-state index contributed by atoms with van der Waals surface area (Å²) in [6.45, 7) is 8.29. The lowest BCUT2D eigenvalue weighted by Gasteiger charge is -2.36. The fraction of sp³-hybridized carbons (Fsp3) is 0.406. The minimum absolute atomic E-state index is 0.134. The molecule has 0 bridgehead atoms. The summed E-state index contributed by atoms with van der Waals surface area (Å²) in [7, 11) is 4.21. The largest absolute Gasteiger partial charge is 0.506 e. The third-order valence-corrected chi connectivity index (χ3v) is 7.91. The number of amides is 2. The van der Waals surface area contributed by atoms with Gasteiger partial charge in [-0.25, -0.2) is 14.4 Å². The summed E-state index contributed by atoms with van der Waals surface area (Å²) in [5, 5.41) is 19.1. The molecule has 2 aliphatic heterocycles. The maximum absolute atomic E-state index is 12.8. The van der Waals surface area contributed by atoms with E-state index in [1.165, 1.54) is 20.3 Å². The summed E-state index contributed by atoms with van der Waals surface area (Å²) in [5.74, 6) is -1.37. The van der Waals surface area contributed by atoms with E-state index in [0.29, 0.717) is 23.5 Å². The van der Waals surface area contributed by atoms with Gasteiger partial charge >= 0.3 is 18.0 Å². The quantitative estimate of drug-likeness (QED) is 0.181. The highest BCUT2D eigenvalue weighted by Crippen LogP contribution is 2.41. The van der Waals surface area contributed by atoms with Gasteiger partial charge in [0.1, 0.15) is 11.5 Å². The second kappa shape index (κ2) is 14.6. The van der Waals surface area contributed by atoms with Crippen molar-refractivity contribution in [2.24, 2.45) is 0 Å². The average Bonchev–Trinajstić information content (AvgIpc) is 3.03. The Morgan fingerprint density at radius 3 is 2.18 bits per heavy atom. The number of para-hydroxylation sites is 2. The molecule has 2 heterocycles. The molecule has 44 heavy (non-hydrogen) atoms. The summed E-state index contributed by atoms with van der Waals surface area (Å²) in [5.41, 5.74) is 3.22. The average molecular weight is 608 g/mol. The first-order valence-corrected chi connectivity index (χ1v) is 14.5. The van der Waals surface area contributed by atoms with Crippen molar-refractivity contribution in [2.45, 2.75) is 26.2 Å². The van der Waals surface area contributed by atoms with Crippen LogP contribution in [-0.4, -0.2) is 88.6 Å². The number of rotatable bonds is 10. The number of methoxy groups -OCH3 is 3. The van der Waals surface area contributed by atoms with Gasteiger partial charge in [-0.3, -0.25) is 4.90 Å². The van der Waals surface area contributed by atoms with Gasteiger partial charge in [0.2, 0.25) is 0 Å². The zero-order valence-corrected chi connectivity index (χ0v) is 25.9. The van der Waals surface area contributed by atoms with Gasteiger partial charge in [0.05, 0.1) is 49.8 Å². The Morgan fingerprint density at radius 2 is 1.57 bits per heavy atom. The number of phenols is 1. The van der Waals surface area contributed by atoms with Crippen LogP contribution in [0.15, 0.2) is 65.0 Å². The van der Waals surface area contributed by atoms with E-state index in [1.807, 2.05) is 18.2 Å². The number of piperazine rings is 1. The Kier molecular flexibility index (Phi) is 10.7. The zero-order valence-electron chi connectivity index (χ0n) is 25.9. The van der Waals surface area contributed by atoms with Gasteiger partial charge in [-0.15, -0.1) is 0 Å². The van der Waals surface area contributed by atoms with Crippen molar-refractivity contribution < 1.29 is 33.7 Å². The molecular weight excluding hydrogens is 566 g/mol. The molecule has 1 fully saturated rings. The van der Waals surface area contributed by atoms with Crippen LogP contribution in [0.3, 0.4) is 0 Å². The molecule has 4 rings (SSSR count). The number of carbonyl (C=O) groups excluding carboxylic acids is 3. The summed E-state index contributed by atoms with van der Waals surface area (Å²) in [6, 6.07) is 12.1. The van der Waals surface area contributed by atoms with Gasteiger partial charge in [-0.2, -0.15) is 0 Å². The molecule has 4 N–H and O–H groups in total. The van der Waals surface area contributed by atoms with Crippen LogP contribution < -0.4 is 25.6 Å². The highest BCUT2D eigenvalue weighted by Gasteiger charge is 2.38. The minimum Gasteiger partial charge on any atom is -0.506 e. The van der Waals surface area contributed by atoms with Crippen LogP contribution in [-0.2, 0) is 19.1 Å². The summed E-state index contributed by atoms with van der Waals surface area (Å²) in [6.07, 6.45) is 0.752. The number of aromatic hydroxyl groups is 1. The molecule has 0 unspecified atom stereocenters. The fourth-order valence-corrected chi connectivity index (χ4v) is 5.70. The molecule has 2 aromatic rings. The highest BCUT2D eigenvalue weighted by molar-refractivity contribution is 6.00. The number of carbonyl (C=O) groups is 3. The molecule has 0 radical (unpaired) electrons. The van der Waals surface area contributed by atoms with Crippen molar-refractivity contribution in [1.29, 1.82) is 0 Å². The Morgan fingerprint density at radius 1 is 0.932 bits per heavy atom. The van der Waals surface area contributed by atoms with E-state index in [4.69, 9.17) is 14.2 Å². The lowest BCUT2D eigenvalue weighted by molar-refractivity contribution is -0.137. The van der Waals surface area contributed by atoms with Crippen LogP contribution in [0.2, 0.25) is 0 Å². The van der Waals surface area contributed by atoms with Crippen LogP contribution in [0.4, 0.5) is 16.2 Å². The molecule has 0 aromatic heterocycles. The zero-order chi connectivity index (χ0) is 31.8. The Balaban J connectivity index is 1.35. The van der Waals surface area contributed by atoms with Gasteiger partial charge in [0.25, 0.3) is 0 Å². The van der Waals surface area contributed by atoms with E-state index in [2.05, 4.69) is 31.8 Å². The van der Waals surface area contributed by atoms with Gasteiger partial charge < -0.3 is 40.2 Å². The SMILES string of the molecule is COC(=O)C1=C(C)NC(C)=C(C(=O)OC)C1c1ccc(O)c(NC(=O)NCCCN2CCN(c3ccccc3OC)CC2)c1. The predicted molar refractivity (Wildman–Crippen MR) is 167 cm³/mol. The smallest absolute Gasteiger partial charge is 0.336 e. The number of anilines is 2. The van der Waals surface area contributed by atoms with E-state index >= 15 is 0 Å². The molecule has 0 atom stereocenters. The summed E-state index contributed by atoms with van der Waals surface area (Å²) >= 11 is 0. The van der Waals surface area contributed by atoms with E-state index in [9.17, 15) is 19.5 Å². The van der Waals surface area contributed by atoms with E-state index in [-0.39, 0.29) is 22.6 Å². The van der Waals surface area contributed by atoms with E-state index in [0.717, 1.165) is 50.6 Å². The van der Waals surface area contributed by atoms with Gasteiger partial charge in [0, 0.05) is 44.1 Å². The topological polar surface area (TPSA) is 142 Å². The van der Waals surface area contributed by atoms with Crippen molar-refractivity contribution in [1.82, 2.24) is 15.5 Å². The monoisotopic (exact) mass is 607 g/mol. The summed E-state index contributed by atoms with van der Waals surface area (Å²) in [4.78, 5) is 43.0.